The van der Waals surface area contributed by atoms with Crippen LogP contribution in [0.5, 0.6) is 0 Å². The molecule has 1 fully saturated rings. The van der Waals surface area contributed by atoms with Gasteiger partial charge < -0.3 is 15.1 Å². The predicted molar refractivity (Wildman–Crippen MR) is 150 cm³/mol. The highest BCUT2D eigenvalue weighted by molar-refractivity contribution is 6.30. The Balaban J connectivity index is 1.40. The molecular formula is C30H30ClN5O. The van der Waals surface area contributed by atoms with Crippen molar-refractivity contribution in [2.75, 3.05) is 36.4 Å². The molecule has 0 saturated carbocycles. The zero-order valence-electron chi connectivity index (χ0n) is 21.1. The van der Waals surface area contributed by atoms with E-state index >= 15 is 0 Å². The lowest BCUT2D eigenvalue weighted by molar-refractivity contribution is 0.208. The smallest absolute Gasteiger partial charge is 0.321 e. The lowest BCUT2D eigenvalue weighted by atomic mass is 10.0. The second kappa shape index (κ2) is 11.0. The zero-order valence-corrected chi connectivity index (χ0v) is 21.9. The molecule has 5 rings (SSSR count). The topological polar surface area (TPSA) is 61.4 Å². The Kier molecular flexibility index (Phi) is 7.37. The largest absolute Gasteiger partial charge is 0.353 e. The number of aryl methyl sites for hydroxylation is 2. The van der Waals surface area contributed by atoms with Crippen molar-refractivity contribution in [1.82, 2.24) is 14.9 Å². The van der Waals surface area contributed by atoms with E-state index in [1.807, 2.05) is 66.4 Å². The third-order valence-electron chi connectivity index (χ3n) is 6.77. The number of piperazine rings is 1. The lowest BCUT2D eigenvalue weighted by Gasteiger charge is -2.36. The standard InChI is InChI=1S/C30H30ClN5O/c1-21-8-6-7-11-27(21)33-30(37)36-18-16-35(17-19-36)29-26(20-23-9-4-3-5-10-23)22(2)32-28(34-29)24-12-14-25(31)15-13-24/h3-15H,16-20H2,1-2H3,(H,33,37). The summed E-state index contributed by atoms with van der Waals surface area (Å²) in [5.74, 6) is 1.61. The molecule has 1 aromatic heterocycles. The van der Waals surface area contributed by atoms with E-state index < -0.39 is 0 Å². The van der Waals surface area contributed by atoms with Crippen LogP contribution < -0.4 is 10.2 Å². The normalized spacial score (nSPS) is 13.5. The van der Waals surface area contributed by atoms with Crippen LogP contribution in [0, 0.1) is 13.8 Å². The Hall–Kier alpha value is -3.90. The molecule has 3 aromatic carbocycles. The number of amides is 2. The molecule has 0 aliphatic carbocycles. The van der Waals surface area contributed by atoms with Gasteiger partial charge in [-0.3, -0.25) is 0 Å². The molecule has 37 heavy (non-hydrogen) atoms. The van der Waals surface area contributed by atoms with E-state index in [0.717, 1.165) is 40.3 Å². The number of nitrogens with zero attached hydrogens (tertiary/aromatic N) is 4. The van der Waals surface area contributed by atoms with E-state index in [1.165, 1.54) is 5.56 Å². The minimum atomic E-state index is -0.0702. The van der Waals surface area contributed by atoms with Crippen molar-refractivity contribution < 1.29 is 4.79 Å². The number of carbonyl (C=O) groups is 1. The molecular weight excluding hydrogens is 482 g/mol. The Bertz CT molecular complexity index is 1380. The predicted octanol–water partition coefficient (Wildman–Crippen LogP) is 6.36. The highest BCUT2D eigenvalue weighted by Crippen LogP contribution is 2.29. The number of anilines is 2. The van der Waals surface area contributed by atoms with Crippen LogP contribution >= 0.6 is 11.6 Å². The Morgan fingerprint density at radius 2 is 1.54 bits per heavy atom. The number of urea groups is 1. The van der Waals surface area contributed by atoms with Crippen molar-refractivity contribution in [3.8, 4) is 11.4 Å². The molecule has 188 valence electrons. The molecule has 1 N–H and O–H groups in total. The minimum Gasteiger partial charge on any atom is -0.353 e. The van der Waals surface area contributed by atoms with Gasteiger partial charge in [-0.2, -0.15) is 0 Å². The summed E-state index contributed by atoms with van der Waals surface area (Å²) in [6.07, 6.45) is 0.747. The van der Waals surface area contributed by atoms with Crippen LogP contribution in [0.2, 0.25) is 5.02 Å². The summed E-state index contributed by atoms with van der Waals surface area (Å²) in [6, 6.07) is 25.8. The fourth-order valence-corrected chi connectivity index (χ4v) is 4.73. The fourth-order valence-electron chi connectivity index (χ4n) is 4.61. The molecule has 2 amide bonds. The quantitative estimate of drug-likeness (QED) is 0.338. The van der Waals surface area contributed by atoms with Gasteiger partial charge in [0.05, 0.1) is 0 Å². The fraction of sp³-hybridized carbons (Fsp3) is 0.233. The molecule has 4 aromatic rings. The van der Waals surface area contributed by atoms with Crippen molar-refractivity contribution in [3.05, 3.63) is 106 Å². The maximum atomic E-state index is 13.0. The van der Waals surface area contributed by atoms with E-state index in [-0.39, 0.29) is 6.03 Å². The molecule has 6 nitrogen and oxygen atoms in total. The average molecular weight is 512 g/mol. The van der Waals surface area contributed by atoms with Crippen LogP contribution in [0.3, 0.4) is 0 Å². The molecule has 7 heteroatoms. The van der Waals surface area contributed by atoms with E-state index in [9.17, 15) is 4.79 Å². The Labute approximate surface area is 222 Å². The first-order chi connectivity index (χ1) is 18.0. The van der Waals surface area contributed by atoms with Crippen LogP contribution in [0.1, 0.15) is 22.4 Å². The number of benzene rings is 3. The van der Waals surface area contributed by atoms with Gasteiger partial charge >= 0.3 is 6.03 Å². The van der Waals surface area contributed by atoms with Gasteiger partial charge in [0.1, 0.15) is 5.82 Å². The molecule has 1 aliphatic rings. The number of para-hydroxylation sites is 1. The van der Waals surface area contributed by atoms with Crippen LogP contribution in [0.25, 0.3) is 11.4 Å². The number of hydrogen-bond donors (Lipinski definition) is 1. The first-order valence-electron chi connectivity index (χ1n) is 12.5. The second-order valence-corrected chi connectivity index (χ2v) is 9.76. The summed E-state index contributed by atoms with van der Waals surface area (Å²) in [6.45, 7) is 6.66. The van der Waals surface area contributed by atoms with Gasteiger partial charge in [-0.05, 0) is 55.3 Å². The summed E-state index contributed by atoms with van der Waals surface area (Å²) in [5.41, 5.74) is 6.10. The molecule has 1 aliphatic heterocycles. The van der Waals surface area contributed by atoms with Crippen LogP contribution in [-0.4, -0.2) is 47.1 Å². The van der Waals surface area contributed by atoms with Crippen molar-refractivity contribution in [2.45, 2.75) is 20.3 Å². The maximum Gasteiger partial charge on any atom is 0.321 e. The molecule has 0 radical (unpaired) electrons. The van der Waals surface area contributed by atoms with Crippen molar-refractivity contribution >= 4 is 29.1 Å². The molecule has 0 spiro atoms. The SMILES string of the molecule is Cc1ccccc1NC(=O)N1CCN(c2nc(-c3ccc(Cl)cc3)nc(C)c2Cc2ccccc2)CC1. The summed E-state index contributed by atoms with van der Waals surface area (Å²) in [7, 11) is 0. The maximum absolute atomic E-state index is 13.0. The summed E-state index contributed by atoms with van der Waals surface area (Å²) in [5, 5.41) is 3.74. The number of aromatic nitrogens is 2. The van der Waals surface area contributed by atoms with Gasteiger partial charge in [-0.1, -0.05) is 60.1 Å². The molecule has 1 saturated heterocycles. The van der Waals surface area contributed by atoms with Crippen LogP contribution in [0.4, 0.5) is 16.3 Å². The summed E-state index contributed by atoms with van der Waals surface area (Å²) < 4.78 is 0. The highest BCUT2D eigenvalue weighted by Gasteiger charge is 2.25. The van der Waals surface area contributed by atoms with E-state index in [1.54, 1.807) is 0 Å². The van der Waals surface area contributed by atoms with Crippen molar-refractivity contribution in [3.63, 3.8) is 0 Å². The van der Waals surface area contributed by atoms with Gasteiger partial charge in [0.15, 0.2) is 5.82 Å². The van der Waals surface area contributed by atoms with Gasteiger partial charge in [0.25, 0.3) is 0 Å². The minimum absolute atomic E-state index is 0.0702. The second-order valence-electron chi connectivity index (χ2n) is 9.32. The molecule has 0 atom stereocenters. The third-order valence-corrected chi connectivity index (χ3v) is 7.02. The van der Waals surface area contributed by atoms with E-state index in [0.29, 0.717) is 37.0 Å². The number of carbonyl (C=O) groups excluding carboxylic acids is 1. The van der Waals surface area contributed by atoms with Crippen LogP contribution in [0.15, 0.2) is 78.9 Å². The Morgan fingerprint density at radius 1 is 0.865 bits per heavy atom. The average Bonchev–Trinajstić information content (AvgIpc) is 2.92. The van der Waals surface area contributed by atoms with Crippen molar-refractivity contribution in [1.29, 1.82) is 0 Å². The summed E-state index contributed by atoms with van der Waals surface area (Å²) >= 11 is 6.11. The zero-order chi connectivity index (χ0) is 25.8. The number of hydrogen-bond acceptors (Lipinski definition) is 4. The van der Waals surface area contributed by atoms with Gasteiger partial charge in [0.2, 0.25) is 0 Å². The first-order valence-corrected chi connectivity index (χ1v) is 12.9. The molecule has 0 unspecified atom stereocenters. The van der Waals surface area contributed by atoms with Gasteiger partial charge in [-0.15, -0.1) is 0 Å². The lowest BCUT2D eigenvalue weighted by Crippen LogP contribution is -2.50. The number of nitrogens with one attached hydrogen (secondary N) is 1. The van der Waals surface area contributed by atoms with E-state index in [4.69, 9.17) is 21.6 Å². The van der Waals surface area contributed by atoms with Gasteiger partial charge in [-0.25, -0.2) is 14.8 Å². The Morgan fingerprint density at radius 3 is 2.24 bits per heavy atom. The van der Waals surface area contributed by atoms with E-state index in [2.05, 4.69) is 41.4 Å². The van der Waals surface area contributed by atoms with Crippen molar-refractivity contribution in [2.24, 2.45) is 0 Å². The van der Waals surface area contributed by atoms with Gasteiger partial charge in [0, 0.05) is 60.1 Å². The molecule has 0 bridgehead atoms. The first kappa shape index (κ1) is 24.8. The number of rotatable bonds is 5. The monoisotopic (exact) mass is 511 g/mol. The van der Waals surface area contributed by atoms with Crippen LogP contribution in [-0.2, 0) is 6.42 Å². The number of halogens is 1. The summed E-state index contributed by atoms with van der Waals surface area (Å²) in [4.78, 5) is 27.0. The molecule has 2 heterocycles. The highest BCUT2D eigenvalue weighted by atomic mass is 35.5. The third kappa shape index (κ3) is 5.75.